The van der Waals surface area contributed by atoms with Crippen LogP contribution in [-0.4, -0.2) is 23.4 Å². The summed E-state index contributed by atoms with van der Waals surface area (Å²) >= 11 is 0. The van der Waals surface area contributed by atoms with Gasteiger partial charge in [0.2, 0.25) is 5.91 Å². The van der Waals surface area contributed by atoms with E-state index in [0.29, 0.717) is 6.07 Å². The molecule has 0 saturated heterocycles. The van der Waals surface area contributed by atoms with Crippen LogP contribution in [-0.2, 0) is 10.4 Å². The molecule has 0 atom stereocenters. The summed E-state index contributed by atoms with van der Waals surface area (Å²) in [6, 6.07) is 2.69. The molecule has 136 valence electrons. The molecule has 0 aliphatic carbocycles. The fourth-order valence-corrected chi connectivity index (χ4v) is 1.84. The fourth-order valence-electron chi connectivity index (χ4n) is 1.84. The zero-order chi connectivity index (χ0) is 19.1. The van der Waals surface area contributed by atoms with Crippen molar-refractivity contribution in [2.24, 2.45) is 5.41 Å². The summed E-state index contributed by atoms with van der Waals surface area (Å²) in [5.74, 6) is -0.792. The van der Waals surface area contributed by atoms with Crippen LogP contribution in [0.2, 0.25) is 0 Å². The van der Waals surface area contributed by atoms with Gasteiger partial charge in [-0.1, -0.05) is 38.5 Å². The standard InChI is InChI=1S/C15H17F6NO2/c1-8-5-6-10(22-11(23)12(2,3)4)9(7-8)13(24,14(16,17)18)15(19,20)21/h5-7,24H,1-4H3,(H,22,23). The molecule has 0 aliphatic heterocycles. The second-order valence-corrected chi connectivity index (χ2v) is 6.46. The summed E-state index contributed by atoms with van der Waals surface area (Å²) in [7, 11) is 0. The van der Waals surface area contributed by atoms with E-state index in [1.807, 2.05) is 5.32 Å². The van der Waals surface area contributed by atoms with E-state index in [2.05, 4.69) is 0 Å². The number of hydrogen-bond donors (Lipinski definition) is 2. The van der Waals surface area contributed by atoms with Crippen molar-refractivity contribution >= 4 is 11.6 Å². The monoisotopic (exact) mass is 357 g/mol. The summed E-state index contributed by atoms with van der Waals surface area (Å²) in [5, 5.41) is 11.6. The highest BCUT2D eigenvalue weighted by Gasteiger charge is 2.72. The number of aryl methyl sites for hydroxylation is 1. The van der Waals surface area contributed by atoms with Gasteiger partial charge in [0.05, 0.1) is 0 Å². The van der Waals surface area contributed by atoms with Crippen molar-refractivity contribution in [3.63, 3.8) is 0 Å². The zero-order valence-corrected chi connectivity index (χ0v) is 13.4. The maximum atomic E-state index is 13.1. The van der Waals surface area contributed by atoms with E-state index >= 15 is 0 Å². The molecule has 9 heteroatoms. The van der Waals surface area contributed by atoms with Gasteiger partial charge in [0.1, 0.15) is 0 Å². The van der Waals surface area contributed by atoms with Crippen LogP contribution >= 0.6 is 0 Å². The van der Waals surface area contributed by atoms with Crippen LogP contribution in [0, 0.1) is 12.3 Å². The number of benzene rings is 1. The smallest absolute Gasteiger partial charge is 0.369 e. The molecule has 0 fully saturated rings. The van der Waals surface area contributed by atoms with E-state index in [-0.39, 0.29) is 5.56 Å². The van der Waals surface area contributed by atoms with Crippen LogP contribution in [0.4, 0.5) is 32.0 Å². The van der Waals surface area contributed by atoms with Crippen molar-refractivity contribution in [3.8, 4) is 0 Å². The molecule has 1 rings (SSSR count). The van der Waals surface area contributed by atoms with Crippen LogP contribution < -0.4 is 5.32 Å². The lowest BCUT2D eigenvalue weighted by Gasteiger charge is -2.34. The predicted octanol–water partition coefficient (Wildman–Crippen LogP) is 4.29. The molecular weight excluding hydrogens is 340 g/mol. The maximum absolute atomic E-state index is 13.1. The fraction of sp³-hybridized carbons (Fsp3) is 0.533. The third-order valence-corrected chi connectivity index (χ3v) is 3.31. The van der Waals surface area contributed by atoms with Crippen molar-refractivity contribution in [1.82, 2.24) is 0 Å². The molecule has 0 saturated carbocycles. The largest absolute Gasteiger partial charge is 0.430 e. The Hall–Kier alpha value is -1.77. The lowest BCUT2D eigenvalue weighted by atomic mass is 9.88. The van der Waals surface area contributed by atoms with E-state index in [0.717, 1.165) is 6.07 Å². The molecule has 3 nitrogen and oxygen atoms in total. The number of anilines is 1. The van der Waals surface area contributed by atoms with Crippen molar-refractivity contribution < 1.29 is 36.2 Å². The molecule has 0 spiro atoms. The number of carbonyl (C=O) groups excluding carboxylic acids is 1. The van der Waals surface area contributed by atoms with Crippen molar-refractivity contribution in [3.05, 3.63) is 29.3 Å². The molecule has 0 aliphatic rings. The maximum Gasteiger partial charge on any atom is 0.430 e. The lowest BCUT2D eigenvalue weighted by molar-refractivity contribution is -0.376. The van der Waals surface area contributed by atoms with Gasteiger partial charge in [-0.15, -0.1) is 0 Å². The molecule has 0 unspecified atom stereocenters. The minimum Gasteiger partial charge on any atom is -0.369 e. The number of alkyl halides is 6. The van der Waals surface area contributed by atoms with Gasteiger partial charge in [-0.25, -0.2) is 0 Å². The molecule has 1 aromatic rings. The normalized spacial score (nSPS) is 13.8. The Morgan fingerprint density at radius 1 is 1.00 bits per heavy atom. The third kappa shape index (κ3) is 3.66. The summed E-state index contributed by atoms with van der Waals surface area (Å²) in [4.78, 5) is 11.9. The van der Waals surface area contributed by atoms with E-state index in [4.69, 9.17) is 0 Å². The van der Waals surface area contributed by atoms with E-state index in [1.54, 1.807) is 0 Å². The van der Waals surface area contributed by atoms with Gasteiger partial charge >= 0.3 is 12.4 Å². The Labute approximate surface area is 134 Å². The molecule has 24 heavy (non-hydrogen) atoms. The topological polar surface area (TPSA) is 49.3 Å². The number of aliphatic hydroxyl groups is 1. The van der Waals surface area contributed by atoms with Gasteiger partial charge in [-0.2, -0.15) is 26.3 Å². The highest BCUT2D eigenvalue weighted by Crippen LogP contribution is 2.52. The van der Waals surface area contributed by atoms with Crippen molar-refractivity contribution in [2.45, 2.75) is 45.6 Å². The molecule has 0 heterocycles. The van der Waals surface area contributed by atoms with Crippen molar-refractivity contribution in [2.75, 3.05) is 5.32 Å². The van der Waals surface area contributed by atoms with Crippen molar-refractivity contribution in [1.29, 1.82) is 0 Å². The summed E-state index contributed by atoms with van der Waals surface area (Å²) in [5.41, 5.74) is -8.33. The van der Waals surface area contributed by atoms with Crippen LogP contribution in [0.3, 0.4) is 0 Å². The first-order valence-corrected chi connectivity index (χ1v) is 6.80. The van der Waals surface area contributed by atoms with Gasteiger partial charge in [-0.05, 0) is 13.0 Å². The van der Waals surface area contributed by atoms with Crippen LogP contribution in [0.5, 0.6) is 0 Å². The van der Waals surface area contributed by atoms with E-state index in [9.17, 15) is 36.2 Å². The van der Waals surface area contributed by atoms with Gasteiger partial charge in [0.25, 0.3) is 5.60 Å². The number of amides is 1. The number of rotatable bonds is 2. The summed E-state index contributed by atoms with van der Waals surface area (Å²) < 4.78 is 78.5. The first-order chi connectivity index (χ1) is 10.5. The minimum absolute atomic E-state index is 0.0608. The SMILES string of the molecule is Cc1ccc(NC(=O)C(C)(C)C)c(C(O)(C(F)(F)F)C(F)(F)F)c1. The number of halogens is 6. The second-order valence-electron chi connectivity index (χ2n) is 6.46. The minimum atomic E-state index is -6.03. The van der Waals surface area contributed by atoms with Crippen LogP contribution in [0.25, 0.3) is 0 Å². The van der Waals surface area contributed by atoms with Gasteiger partial charge in [0.15, 0.2) is 0 Å². The van der Waals surface area contributed by atoms with Crippen LogP contribution in [0.1, 0.15) is 31.9 Å². The highest BCUT2D eigenvalue weighted by molar-refractivity contribution is 5.95. The Kier molecular flexibility index (Phi) is 5.02. The quantitative estimate of drug-likeness (QED) is 0.776. The molecule has 1 aromatic carbocycles. The summed E-state index contributed by atoms with van der Waals surface area (Å²) in [6.45, 7) is 5.59. The van der Waals surface area contributed by atoms with Crippen LogP contribution in [0.15, 0.2) is 18.2 Å². The number of nitrogens with one attached hydrogen (secondary N) is 1. The lowest BCUT2D eigenvalue weighted by Crippen LogP contribution is -2.54. The second kappa shape index (κ2) is 5.94. The molecule has 2 N–H and O–H groups in total. The Balaban J connectivity index is 3.62. The average Bonchev–Trinajstić information content (AvgIpc) is 2.36. The van der Waals surface area contributed by atoms with Gasteiger partial charge in [0, 0.05) is 16.7 Å². The average molecular weight is 357 g/mol. The molecule has 0 bridgehead atoms. The highest BCUT2D eigenvalue weighted by atomic mass is 19.4. The van der Waals surface area contributed by atoms with E-state index < -0.39 is 40.5 Å². The zero-order valence-electron chi connectivity index (χ0n) is 13.4. The van der Waals surface area contributed by atoms with Gasteiger partial charge < -0.3 is 10.4 Å². The molecular formula is C15H17F6NO2. The number of carbonyl (C=O) groups is 1. The summed E-state index contributed by atoms with van der Waals surface area (Å²) in [6.07, 6.45) is -12.1. The first kappa shape index (κ1) is 20.3. The van der Waals surface area contributed by atoms with E-state index in [1.165, 1.54) is 33.8 Å². The molecule has 0 radical (unpaired) electrons. The van der Waals surface area contributed by atoms with Gasteiger partial charge in [-0.3, -0.25) is 4.79 Å². The Morgan fingerprint density at radius 2 is 1.46 bits per heavy atom. The first-order valence-electron chi connectivity index (χ1n) is 6.80. The predicted molar refractivity (Wildman–Crippen MR) is 75.3 cm³/mol. The molecule has 0 aromatic heterocycles. The number of hydrogen-bond acceptors (Lipinski definition) is 2. The Morgan fingerprint density at radius 3 is 1.83 bits per heavy atom. The third-order valence-electron chi connectivity index (χ3n) is 3.31. The molecule has 1 amide bonds. The Bertz CT molecular complexity index is 614.